The van der Waals surface area contributed by atoms with Crippen LogP contribution in [-0.2, 0) is 6.61 Å². The third kappa shape index (κ3) is 5.56. The third-order valence-electron chi connectivity index (χ3n) is 3.89. The predicted octanol–water partition coefficient (Wildman–Crippen LogP) is 4.85. The molecule has 1 N–H and O–H groups in total. The molecule has 1 heterocycles. The van der Waals surface area contributed by atoms with Gasteiger partial charge in [-0.25, -0.2) is 5.43 Å². The van der Waals surface area contributed by atoms with Gasteiger partial charge in [0.05, 0.1) is 13.3 Å². The van der Waals surface area contributed by atoms with Crippen LogP contribution in [0.15, 0.2) is 70.4 Å². The molecule has 3 aromatic rings. The highest BCUT2D eigenvalue weighted by Crippen LogP contribution is 2.33. The number of carbonyl (C=O) groups excluding carboxylic acids is 1. The molecule has 6 nitrogen and oxygen atoms in total. The van der Waals surface area contributed by atoms with Gasteiger partial charge < -0.3 is 9.47 Å². The van der Waals surface area contributed by atoms with E-state index in [1.54, 1.807) is 43.6 Å². The van der Waals surface area contributed by atoms with E-state index in [9.17, 15) is 4.79 Å². The summed E-state index contributed by atoms with van der Waals surface area (Å²) in [4.78, 5) is 16.0. The van der Waals surface area contributed by atoms with Gasteiger partial charge in [-0.05, 0) is 46.3 Å². The van der Waals surface area contributed by atoms with Crippen LogP contribution in [0, 0.1) is 0 Å². The first-order valence-corrected chi connectivity index (χ1v) is 9.73. The summed E-state index contributed by atoms with van der Waals surface area (Å²) in [7, 11) is 1.55. The van der Waals surface area contributed by atoms with E-state index >= 15 is 0 Å². The van der Waals surface area contributed by atoms with Crippen molar-refractivity contribution in [3.8, 4) is 11.5 Å². The minimum absolute atomic E-state index is 0.282. The highest BCUT2D eigenvalue weighted by Gasteiger charge is 2.11. The van der Waals surface area contributed by atoms with Crippen molar-refractivity contribution in [2.24, 2.45) is 5.10 Å². The molecule has 3 rings (SSSR count). The molecule has 0 unspecified atom stereocenters. The topological polar surface area (TPSA) is 72.8 Å². The summed E-state index contributed by atoms with van der Waals surface area (Å²) in [5.74, 6) is 0.677. The number of methoxy groups -OCH3 is 1. The van der Waals surface area contributed by atoms with E-state index in [0.717, 1.165) is 10.0 Å². The number of rotatable bonds is 7. The number of aromatic nitrogens is 1. The van der Waals surface area contributed by atoms with Crippen LogP contribution in [0.25, 0.3) is 0 Å². The lowest BCUT2D eigenvalue weighted by atomic mass is 10.2. The molecule has 0 radical (unpaired) electrons. The standard InChI is InChI=1S/C21H17BrClN3O3/c1-28-19-10-15(12-25-26-21(27)18-8-4-5-9-24-18)16(22)11-20(19)29-13-14-6-2-3-7-17(14)23/h2-12H,13H2,1H3,(H,26,27). The van der Waals surface area contributed by atoms with Crippen LogP contribution in [0.2, 0.25) is 5.02 Å². The molecule has 0 saturated heterocycles. The van der Waals surface area contributed by atoms with Gasteiger partial charge >= 0.3 is 0 Å². The quantitative estimate of drug-likeness (QED) is 0.392. The zero-order valence-corrected chi connectivity index (χ0v) is 17.8. The van der Waals surface area contributed by atoms with E-state index in [1.165, 1.54) is 6.21 Å². The molecule has 1 aromatic heterocycles. The Morgan fingerprint density at radius 3 is 2.72 bits per heavy atom. The summed E-state index contributed by atoms with van der Waals surface area (Å²) < 4.78 is 12.0. The minimum atomic E-state index is -0.398. The average Bonchev–Trinajstić information content (AvgIpc) is 2.75. The first-order chi connectivity index (χ1) is 14.1. The summed E-state index contributed by atoms with van der Waals surface area (Å²) in [5.41, 5.74) is 4.29. The Kier molecular flexibility index (Phi) is 7.21. The van der Waals surface area contributed by atoms with Crippen LogP contribution in [0.3, 0.4) is 0 Å². The number of pyridine rings is 1. The molecule has 1 amide bonds. The van der Waals surface area contributed by atoms with Gasteiger partial charge in [0.25, 0.3) is 5.91 Å². The van der Waals surface area contributed by atoms with Gasteiger partial charge in [0, 0.05) is 26.8 Å². The van der Waals surface area contributed by atoms with Gasteiger partial charge in [-0.1, -0.05) is 35.9 Å². The van der Waals surface area contributed by atoms with E-state index in [1.807, 2.05) is 24.3 Å². The number of benzene rings is 2. The maximum absolute atomic E-state index is 12.0. The molecule has 0 saturated carbocycles. The van der Waals surface area contributed by atoms with Crippen molar-refractivity contribution in [3.05, 3.63) is 87.1 Å². The summed E-state index contributed by atoms with van der Waals surface area (Å²) in [6, 6.07) is 16.1. The number of nitrogens with one attached hydrogen (secondary N) is 1. The molecule has 0 aliphatic heterocycles. The number of hydrazone groups is 1. The molecule has 0 bridgehead atoms. The van der Waals surface area contributed by atoms with Gasteiger partial charge in [-0.15, -0.1) is 0 Å². The lowest BCUT2D eigenvalue weighted by Gasteiger charge is -2.13. The first kappa shape index (κ1) is 20.8. The molecule has 29 heavy (non-hydrogen) atoms. The van der Waals surface area contributed by atoms with E-state index < -0.39 is 5.91 Å². The summed E-state index contributed by atoms with van der Waals surface area (Å²) in [5, 5.41) is 4.62. The van der Waals surface area contributed by atoms with E-state index in [-0.39, 0.29) is 5.69 Å². The zero-order chi connectivity index (χ0) is 20.6. The fraction of sp³-hybridized carbons (Fsp3) is 0.0952. The van der Waals surface area contributed by atoms with Crippen molar-refractivity contribution >= 4 is 39.7 Å². The largest absolute Gasteiger partial charge is 0.493 e. The third-order valence-corrected chi connectivity index (χ3v) is 4.95. The Morgan fingerprint density at radius 2 is 2.00 bits per heavy atom. The van der Waals surface area contributed by atoms with Crippen molar-refractivity contribution in [3.63, 3.8) is 0 Å². The fourth-order valence-corrected chi connectivity index (χ4v) is 3.02. The number of hydrogen-bond donors (Lipinski definition) is 1. The Hall–Kier alpha value is -2.90. The van der Waals surface area contributed by atoms with Crippen molar-refractivity contribution in [1.29, 1.82) is 0 Å². The van der Waals surface area contributed by atoms with E-state index in [0.29, 0.717) is 28.7 Å². The molecular weight excluding hydrogens is 458 g/mol. The van der Waals surface area contributed by atoms with E-state index in [4.69, 9.17) is 21.1 Å². The number of carbonyl (C=O) groups is 1. The van der Waals surface area contributed by atoms with E-state index in [2.05, 4.69) is 31.4 Å². The van der Waals surface area contributed by atoms with Crippen LogP contribution >= 0.6 is 27.5 Å². The van der Waals surface area contributed by atoms with Crippen LogP contribution in [-0.4, -0.2) is 24.2 Å². The Labute approximate surface area is 181 Å². The smallest absolute Gasteiger partial charge is 0.289 e. The Morgan fingerprint density at radius 1 is 1.21 bits per heavy atom. The number of amides is 1. The molecule has 0 aliphatic rings. The molecule has 148 valence electrons. The SMILES string of the molecule is COc1cc(C=NNC(=O)c2ccccn2)c(Br)cc1OCc1ccccc1Cl. The second kappa shape index (κ2) is 10.0. The molecule has 8 heteroatoms. The molecule has 0 spiro atoms. The van der Waals surface area contributed by atoms with Crippen LogP contribution in [0.5, 0.6) is 11.5 Å². The minimum Gasteiger partial charge on any atom is -0.493 e. The lowest BCUT2D eigenvalue weighted by Crippen LogP contribution is -2.18. The van der Waals surface area contributed by atoms with Crippen LogP contribution in [0.1, 0.15) is 21.6 Å². The molecule has 0 atom stereocenters. The second-order valence-corrected chi connectivity index (χ2v) is 7.08. The monoisotopic (exact) mass is 473 g/mol. The maximum atomic E-state index is 12.0. The second-order valence-electron chi connectivity index (χ2n) is 5.82. The van der Waals surface area contributed by atoms with Gasteiger partial charge in [0.15, 0.2) is 11.5 Å². The number of nitrogens with zero attached hydrogens (tertiary/aromatic N) is 2. The number of ether oxygens (including phenoxy) is 2. The van der Waals surface area contributed by atoms with Gasteiger partial charge in [0.1, 0.15) is 12.3 Å². The molecule has 0 aliphatic carbocycles. The number of halogens is 2. The fourth-order valence-electron chi connectivity index (χ4n) is 2.41. The summed E-state index contributed by atoms with van der Waals surface area (Å²) >= 11 is 9.66. The number of hydrogen-bond acceptors (Lipinski definition) is 5. The van der Waals surface area contributed by atoms with Crippen molar-refractivity contribution < 1.29 is 14.3 Å². The zero-order valence-electron chi connectivity index (χ0n) is 15.4. The lowest BCUT2D eigenvalue weighted by molar-refractivity contribution is 0.0950. The van der Waals surface area contributed by atoms with Crippen molar-refractivity contribution in [1.82, 2.24) is 10.4 Å². The maximum Gasteiger partial charge on any atom is 0.289 e. The highest BCUT2D eigenvalue weighted by molar-refractivity contribution is 9.10. The Bertz CT molecular complexity index is 1030. The van der Waals surface area contributed by atoms with Gasteiger partial charge in [-0.2, -0.15) is 5.10 Å². The first-order valence-electron chi connectivity index (χ1n) is 8.56. The molecule has 2 aromatic carbocycles. The van der Waals surface area contributed by atoms with Crippen molar-refractivity contribution in [2.45, 2.75) is 6.61 Å². The van der Waals surface area contributed by atoms with Gasteiger partial charge in [0.2, 0.25) is 0 Å². The van der Waals surface area contributed by atoms with Crippen LogP contribution in [0.4, 0.5) is 0 Å². The van der Waals surface area contributed by atoms with Crippen LogP contribution < -0.4 is 14.9 Å². The molecule has 0 fully saturated rings. The van der Waals surface area contributed by atoms with Crippen molar-refractivity contribution in [2.75, 3.05) is 7.11 Å². The highest BCUT2D eigenvalue weighted by atomic mass is 79.9. The summed E-state index contributed by atoms with van der Waals surface area (Å²) in [6.45, 7) is 0.302. The average molecular weight is 475 g/mol. The Balaban J connectivity index is 1.70. The van der Waals surface area contributed by atoms with Gasteiger partial charge in [-0.3, -0.25) is 9.78 Å². The normalized spacial score (nSPS) is 10.7. The summed E-state index contributed by atoms with van der Waals surface area (Å²) in [6.07, 6.45) is 3.05. The molecular formula is C21H17BrClN3O3. The predicted molar refractivity (Wildman–Crippen MR) is 116 cm³/mol.